The Balaban J connectivity index is 1.64. The van der Waals surface area contributed by atoms with Crippen LogP contribution in [-0.2, 0) is 11.3 Å². The van der Waals surface area contributed by atoms with Gasteiger partial charge in [0.1, 0.15) is 6.33 Å². The molecule has 8 nitrogen and oxygen atoms in total. The van der Waals surface area contributed by atoms with E-state index in [0.717, 1.165) is 55.5 Å². The van der Waals surface area contributed by atoms with Crippen molar-refractivity contribution in [1.82, 2.24) is 14.9 Å². The van der Waals surface area contributed by atoms with Crippen molar-refractivity contribution in [2.45, 2.75) is 25.8 Å². The number of aromatic nitrogens is 2. The highest BCUT2D eigenvalue weighted by molar-refractivity contribution is 5.84. The molecule has 0 radical (unpaired) electrons. The molecular weight excluding hydrogens is 348 g/mol. The third-order valence-electron chi connectivity index (χ3n) is 5.07. The van der Waals surface area contributed by atoms with Gasteiger partial charge in [0.25, 0.3) is 0 Å². The predicted molar refractivity (Wildman–Crippen MR) is 101 cm³/mol. The second-order valence-corrected chi connectivity index (χ2v) is 6.72. The third-order valence-corrected chi connectivity index (χ3v) is 5.07. The Morgan fingerprint density at radius 3 is 2.56 bits per heavy atom. The number of ether oxygens (including phenoxy) is 3. The molecule has 0 saturated carbocycles. The quantitative estimate of drug-likeness (QED) is 0.794. The summed E-state index contributed by atoms with van der Waals surface area (Å²) < 4.78 is 15.6. The molecule has 1 aromatic carbocycles. The molecule has 2 heterocycles. The number of likely N-dealkylation sites (tertiary alicyclic amines) is 1. The van der Waals surface area contributed by atoms with Crippen LogP contribution in [0, 0.1) is 5.92 Å². The van der Waals surface area contributed by atoms with E-state index in [0.29, 0.717) is 24.0 Å². The van der Waals surface area contributed by atoms with E-state index in [4.69, 9.17) is 19.9 Å². The molecule has 1 aliphatic heterocycles. The number of carbonyl (C=O) groups excluding carboxylic acids is 1. The fourth-order valence-corrected chi connectivity index (χ4v) is 3.53. The van der Waals surface area contributed by atoms with Crippen LogP contribution < -0.4 is 15.2 Å². The number of nitrogens with two attached hydrogens (primary N) is 1. The van der Waals surface area contributed by atoms with Crippen LogP contribution >= 0.6 is 0 Å². The minimum atomic E-state index is -0.699. The van der Waals surface area contributed by atoms with E-state index >= 15 is 0 Å². The summed E-state index contributed by atoms with van der Waals surface area (Å²) in [6.45, 7) is 3.14. The molecule has 3 rings (SSSR count). The number of nitrogens with zero attached hydrogens (tertiary/aromatic N) is 3. The number of amides is 1. The van der Waals surface area contributed by atoms with Gasteiger partial charge in [0, 0.05) is 18.0 Å². The predicted octanol–water partition coefficient (Wildman–Crippen LogP) is 2.34. The Labute approximate surface area is 158 Å². The summed E-state index contributed by atoms with van der Waals surface area (Å²) in [6, 6.07) is 3.82. The maximum absolute atomic E-state index is 10.7. The van der Waals surface area contributed by atoms with Crippen LogP contribution in [0.2, 0.25) is 0 Å². The normalized spacial score (nSPS) is 15.6. The van der Waals surface area contributed by atoms with Gasteiger partial charge in [0.15, 0.2) is 11.5 Å². The molecule has 2 aromatic rings. The number of rotatable bonds is 7. The van der Waals surface area contributed by atoms with Gasteiger partial charge in [-0.05, 0) is 44.3 Å². The lowest BCUT2D eigenvalue weighted by Crippen LogP contribution is -2.34. The van der Waals surface area contributed by atoms with Gasteiger partial charge in [0.2, 0.25) is 0 Å². The van der Waals surface area contributed by atoms with Crippen LogP contribution in [0.5, 0.6) is 11.5 Å². The van der Waals surface area contributed by atoms with Gasteiger partial charge in [-0.15, -0.1) is 0 Å². The lowest BCUT2D eigenvalue weighted by atomic mass is 9.94. The van der Waals surface area contributed by atoms with Crippen molar-refractivity contribution < 1.29 is 19.0 Å². The van der Waals surface area contributed by atoms with Gasteiger partial charge in [-0.2, -0.15) is 0 Å². The zero-order valence-corrected chi connectivity index (χ0v) is 15.8. The average Bonchev–Trinajstić information content (AvgIpc) is 2.68. The zero-order valence-electron chi connectivity index (χ0n) is 15.8. The van der Waals surface area contributed by atoms with E-state index in [1.54, 1.807) is 20.5 Å². The standard InChI is InChI=1S/C19H26N4O4/c1-25-17-9-14-15(10-18(17)26-2)21-12-22-16(14)11-23-6-3-13(4-7-23)5-8-27-19(20)24/h9-10,12-13H,3-8,11H2,1-2H3,(H2,20,24). The number of piperidine rings is 1. The molecule has 0 aliphatic carbocycles. The number of hydrogen-bond acceptors (Lipinski definition) is 7. The van der Waals surface area contributed by atoms with Crippen LogP contribution in [0.25, 0.3) is 10.9 Å². The second kappa shape index (κ2) is 8.85. The summed E-state index contributed by atoms with van der Waals surface area (Å²) in [6.07, 6.45) is 3.90. The number of benzene rings is 1. The number of primary amides is 1. The molecule has 8 heteroatoms. The fraction of sp³-hybridized carbons (Fsp3) is 0.526. The van der Waals surface area contributed by atoms with Gasteiger partial charge in [-0.1, -0.05) is 0 Å². The monoisotopic (exact) mass is 374 g/mol. The van der Waals surface area contributed by atoms with Gasteiger partial charge in [0.05, 0.1) is 32.0 Å². The maximum atomic E-state index is 10.7. The van der Waals surface area contributed by atoms with Crippen molar-refractivity contribution in [2.24, 2.45) is 11.7 Å². The molecule has 1 amide bonds. The summed E-state index contributed by atoms with van der Waals surface area (Å²) in [5.41, 5.74) is 6.83. The van der Waals surface area contributed by atoms with Crippen LogP contribution in [-0.4, -0.2) is 54.9 Å². The van der Waals surface area contributed by atoms with Crippen molar-refractivity contribution in [3.8, 4) is 11.5 Å². The van der Waals surface area contributed by atoms with Crippen LogP contribution in [0.4, 0.5) is 4.79 Å². The Morgan fingerprint density at radius 2 is 1.89 bits per heavy atom. The topological polar surface area (TPSA) is 99.8 Å². The van der Waals surface area contributed by atoms with Crippen LogP contribution in [0.15, 0.2) is 18.5 Å². The first-order valence-electron chi connectivity index (χ1n) is 9.11. The Morgan fingerprint density at radius 1 is 1.19 bits per heavy atom. The molecule has 0 bridgehead atoms. The SMILES string of the molecule is COc1cc2ncnc(CN3CCC(CCOC(N)=O)CC3)c2cc1OC. The summed E-state index contributed by atoms with van der Waals surface area (Å²) >= 11 is 0. The third kappa shape index (κ3) is 4.77. The minimum Gasteiger partial charge on any atom is -0.493 e. The first-order chi connectivity index (χ1) is 13.1. The smallest absolute Gasteiger partial charge is 0.404 e. The summed E-state index contributed by atoms with van der Waals surface area (Å²) in [5.74, 6) is 1.90. The van der Waals surface area contributed by atoms with Crippen LogP contribution in [0.3, 0.4) is 0 Å². The van der Waals surface area contributed by atoms with Gasteiger partial charge in [-0.25, -0.2) is 14.8 Å². The number of fused-ring (bicyclic) bond motifs is 1. The molecule has 2 N–H and O–H groups in total. The molecule has 146 valence electrons. The Kier molecular flexibility index (Phi) is 6.28. The van der Waals surface area contributed by atoms with Crippen molar-refractivity contribution in [3.63, 3.8) is 0 Å². The Bertz CT molecular complexity index is 791. The molecule has 27 heavy (non-hydrogen) atoms. The Hall–Kier alpha value is -2.61. The molecule has 1 fully saturated rings. The number of carbonyl (C=O) groups is 1. The molecule has 0 spiro atoms. The number of methoxy groups -OCH3 is 2. The molecule has 1 aromatic heterocycles. The van der Waals surface area contributed by atoms with E-state index in [2.05, 4.69) is 14.9 Å². The minimum absolute atomic E-state index is 0.401. The molecule has 0 unspecified atom stereocenters. The first-order valence-corrected chi connectivity index (χ1v) is 9.11. The van der Waals surface area contributed by atoms with Crippen molar-refractivity contribution in [2.75, 3.05) is 33.9 Å². The van der Waals surface area contributed by atoms with Gasteiger partial charge >= 0.3 is 6.09 Å². The van der Waals surface area contributed by atoms with E-state index in [9.17, 15) is 4.79 Å². The highest BCUT2D eigenvalue weighted by Gasteiger charge is 2.21. The van der Waals surface area contributed by atoms with Crippen molar-refractivity contribution in [3.05, 3.63) is 24.2 Å². The molecule has 1 saturated heterocycles. The second-order valence-electron chi connectivity index (χ2n) is 6.72. The van der Waals surface area contributed by atoms with E-state index in [1.165, 1.54) is 0 Å². The van der Waals surface area contributed by atoms with Crippen molar-refractivity contribution >= 4 is 17.0 Å². The van der Waals surface area contributed by atoms with Gasteiger partial charge < -0.3 is 19.9 Å². The molecular formula is C19H26N4O4. The van der Waals surface area contributed by atoms with E-state index < -0.39 is 6.09 Å². The fourth-order valence-electron chi connectivity index (χ4n) is 3.53. The highest BCUT2D eigenvalue weighted by atomic mass is 16.5. The van der Waals surface area contributed by atoms with Crippen LogP contribution in [0.1, 0.15) is 25.0 Å². The van der Waals surface area contributed by atoms with E-state index in [-0.39, 0.29) is 0 Å². The van der Waals surface area contributed by atoms with Crippen molar-refractivity contribution in [1.29, 1.82) is 0 Å². The lowest BCUT2D eigenvalue weighted by Gasteiger charge is -2.31. The van der Waals surface area contributed by atoms with Gasteiger partial charge in [-0.3, -0.25) is 4.90 Å². The summed E-state index contributed by atoms with van der Waals surface area (Å²) in [4.78, 5) is 21.9. The summed E-state index contributed by atoms with van der Waals surface area (Å²) in [5, 5.41) is 0.979. The maximum Gasteiger partial charge on any atom is 0.404 e. The molecule has 1 aliphatic rings. The lowest BCUT2D eigenvalue weighted by molar-refractivity contribution is 0.127. The number of hydrogen-bond donors (Lipinski definition) is 1. The molecule has 0 atom stereocenters. The first kappa shape index (κ1) is 19.2. The largest absolute Gasteiger partial charge is 0.493 e. The summed E-state index contributed by atoms with van der Waals surface area (Å²) in [7, 11) is 3.24. The zero-order chi connectivity index (χ0) is 19.2. The van der Waals surface area contributed by atoms with E-state index in [1.807, 2.05) is 12.1 Å². The highest BCUT2D eigenvalue weighted by Crippen LogP contribution is 2.32. The average molecular weight is 374 g/mol.